The van der Waals surface area contributed by atoms with Crippen LogP contribution in [-0.4, -0.2) is 4.92 Å². The molecule has 0 aliphatic rings. The molecule has 0 saturated heterocycles. The first-order chi connectivity index (χ1) is 8.70. The lowest BCUT2D eigenvalue weighted by molar-refractivity contribution is -0.384. The Morgan fingerprint density at radius 1 is 1.17 bits per heavy atom. The van der Waals surface area contributed by atoms with Crippen LogP contribution in [0.25, 0.3) is 0 Å². The molecule has 0 fully saturated rings. The third-order valence-corrected chi connectivity index (χ3v) is 2.66. The summed E-state index contributed by atoms with van der Waals surface area (Å²) in [6, 6.07) is 13.3. The highest BCUT2D eigenvalue weighted by Gasteiger charge is 2.08. The van der Waals surface area contributed by atoms with Gasteiger partial charge in [0.25, 0.3) is 5.69 Å². The number of non-ortho nitro benzene ring substituents is 1. The van der Waals surface area contributed by atoms with E-state index in [0.717, 1.165) is 5.56 Å². The van der Waals surface area contributed by atoms with E-state index in [0.29, 0.717) is 17.4 Å². The van der Waals surface area contributed by atoms with Gasteiger partial charge in [-0.05, 0) is 12.1 Å². The molecule has 0 radical (unpaired) electrons. The van der Waals surface area contributed by atoms with Crippen molar-refractivity contribution in [1.82, 2.24) is 0 Å². The van der Waals surface area contributed by atoms with Crippen molar-refractivity contribution >= 4 is 17.3 Å². The number of rotatable bonds is 4. The number of nitro groups is 1. The lowest BCUT2D eigenvalue weighted by Crippen LogP contribution is -1.91. The largest absolute Gasteiger partial charge is 0.457 e. The maximum atomic E-state index is 10.7. The van der Waals surface area contributed by atoms with Crippen LogP contribution in [0.5, 0.6) is 11.5 Å². The van der Waals surface area contributed by atoms with Gasteiger partial charge in [-0.1, -0.05) is 24.3 Å². The smallest absolute Gasteiger partial charge is 0.273 e. The van der Waals surface area contributed by atoms with Gasteiger partial charge in [0.15, 0.2) is 0 Å². The third kappa shape index (κ3) is 2.78. The van der Waals surface area contributed by atoms with Crippen molar-refractivity contribution in [1.29, 1.82) is 0 Å². The van der Waals surface area contributed by atoms with Crippen LogP contribution in [0.2, 0.25) is 0 Å². The highest BCUT2D eigenvalue weighted by Crippen LogP contribution is 2.28. The molecule has 92 valence electrons. The fourth-order valence-electron chi connectivity index (χ4n) is 1.50. The standard InChI is InChI=1S/C13H10ClNO3/c14-9-10-4-1-2-7-13(10)18-12-6-3-5-11(8-12)15(16)17/h1-8H,9H2. The van der Waals surface area contributed by atoms with Gasteiger partial charge in [0, 0.05) is 11.6 Å². The molecule has 0 bridgehead atoms. The van der Waals surface area contributed by atoms with E-state index in [9.17, 15) is 10.1 Å². The molecule has 0 aromatic heterocycles. The number of halogens is 1. The Balaban J connectivity index is 2.28. The molecule has 0 aliphatic carbocycles. The number of benzene rings is 2. The molecule has 2 rings (SSSR count). The number of para-hydroxylation sites is 1. The number of nitro benzene ring substituents is 1. The Morgan fingerprint density at radius 2 is 1.94 bits per heavy atom. The Labute approximate surface area is 109 Å². The summed E-state index contributed by atoms with van der Waals surface area (Å²) in [5.41, 5.74) is 0.835. The van der Waals surface area contributed by atoms with Gasteiger partial charge < -0.3 is 4.74 Å². The van der Waals surface area contributed by atoms with Crippen LogP contribution in [0.15, 0.2) is 48.5 Å². The van der Waals surface area contributed by atoms with Crippen LogP contribution in [0, 0.1) is 10.1 Å². The second kappa shape index (κ2) is 5.51. The van der Waals surface area contributed by atoms with E-state index < -0.39 is 4.92 Å². The first kappa shape index (κ1) is 12.4. The maximum absolute atomic E-state index is 10.7. The minimum Gasteiger partial charge on any atom is -0.457 e. The molecule has 0 spiro atoms. The van der Waals surface area contributed by atoms with Gasteiger partial charge in [-0.15, -0.1) is 11.6 Å². The monoisotopic (exact) mass is 263 g/mol. The first-order valence-electron chi connectivity index (χ1n) is 5.27. The third-order valence-electron chi connectivity index (χ3n) is 2.37. The Morgan fingerprint density at radius 3 is 2.67 bits per heavy atom. The van der Waals surface area contributed by atoms with Crippen LogP contribution >= 0.6 is 11.6 Å². The minimum absolute atomic E-state index is 0.00384. The summed E-state index contributed by atoms with van der Waals surface area (Å²) in [6.45, 7) is 0. The zero-order chi connectivity index (χ0) is 13.0. The Kier molecular flexibility index (Phi) is 3.79. The molecule has 0 heterocycles. The van der Waals surface area contributed by atoms with Crippen LogP contribution in [0.4, 0.5) is 5.69 Å². The number of hydrogen-bond acceptors (Lipinski definition) is 3. The lowest BCUT2D eigenvalue weighted by atomic mass is 10.2. The fourth-order valence-corrected chi connectivity index (χ4v) is 1.72. The molecule has 2 aromatic rings. The van der Waals surface area contributed by atoms with Crippen LogP contribution in [0.3, 0.4) is 0 Å². The molecule has 0 amide bonds. The minimum atomic E-state index is -0.458. The Bertz CT molecular complexity index is 572. The summed E-state index contributed by atoms with van der Waals surface area (Å²) in [6.07, 6.45) is 0. The van der Waals surface area contributed by atoms with E-state index in [1.165, 1.54) is 12.1 Å². The zero-order valence-corrected chi connectivity index (χ0v) is 10.1. The van der Waals surface area contributed by atoms with E-state index in [1.54, 1.807) is 18.2 Å². The number of nitrogens with zero attached hydrogens (tertiary/aromatic N) is 1. The van der Waals surface area contributed by atoms with Crippen LogP contribution < -0.4 is 4.74 Å². The van der Waals surface area contributed by atoms with Crippen LogP contribution in [-0.2, 0) is 5.88 Å². The molecule has 0 saturated carbocycles. The molecule has 0 N–H and O–H groups in total. The number of ether oxygens (including phenoxy) is 1. The summed E-state index contributed by atoms with van der Waals surface area (Å²) >= 11 is 5.79. The van der Waals surface area contributed by atoms with Crippen molar-refractivity contribution in [2.75, 3.05) is 0 Å². The van der Waals surface area contributed by atoms with Gasteiger partial charge in [0.1, 0.15) is 11.5 Å². The van der Waals surface area contributed by atoms with Gasteiger partial charge in [-0.25, -0.2) is 0 Å². The topological polar surface area (TPSA) is 52.4 Å². The van der Waals surface area contributed by atoms with Crippen molar-refractivity contribution in [3.05, 3.63) is 64.2 Å². The second-order valence-electron chi connectivity index (χ2n) is 3.60. The van der Waals surface area contributed by atoms with Crippen LogP contribution in [0.1, 0.15) is 5.56 Å². The van der Waals surface area contributed by atoms with E-state index in [1.807, 2.05) is 18.2 Å². The Hall–Kier alpha value is -2.07. The molecule has 0 atom stereocenters. The zero-order valence-electron chi connectivity index (χ0n) is 9.38. The van der Waals surface area contributed by atoms with Gasteiger partial charge in [0.05, 0.1) is 16.9 Å². The predicted molar refractivity (Wildman–Crippen MR) is 69.2 cm³/mol. The fraction of sp³-hybridized carbons (Fsp3) is 0.0769. The van der Waals surface area contributed by atoms with E-state index >= 15 is 0 Å². The molecule has 4 nitrogen and oxygen atoms in total. The van der Waals surface area contributed by atoms with Crippen molar-refractivity contribution in [3.63, 3.8) is 0 Å². The molecular formula is C13H10ClNO3. The number of hydrogen-bond donors (Lipinski definition) is 0. The lowest BCUT2D eigenvalue weighted by Gasteiger charge is -2.08. The van der Waals surface area contributed by atoms with Crippen molar-refractivity contribution < 1.29 is 9.66 Å². The van der Waals surface area contributed by atoms with Gasteiger partial charge in [-0.2, -0.15) is 0 Å². The normalized spacial score (nSPS) is 10.1. The second-order valence-corrected chi connectivity index (χ2v) is 3.87. The quantitative estimate of drug-likeness (QED) is 0.473. The highest BCUT2D eigenvalue weighted by atomic mass is 35.5. The van der Waals surface area contributed by atoms with E-state index in [4.69, 9.17) is 16.3 Å². The first-order valence-corrected chi connectivity index (χ1v) is 5.80. The van der Waals surface area contributed by atoms with Crippen molar-refractivity contribution in [3.8, 4) is 11.5 Å². The van der Waals surface area contributed by atoms with Gasteiger partial charge in [0.2, 0.25) is 0 Å². The van der Waals surface area contributed by atoms with Gasteiger partial charge >= 0.3 is 0 Å². The maximum Gasteiger partial charge on any atom is 0.273 e. The predicted octanol–water partition coefficient (Wildman–Crippen LogP) is 4.13. The van der Waals surface area contributed by atoms with Gasteiger partial charge in [-0.3, -0.25) is 10.1 Å². The van der Waals surface area contributed by atoms with E-state index in [2.05, 4.69) is 0 Å². The van der Waals surface area contributed by atoms with E-state index in [-0.39, 0.29) is 5.69 Å². The summed E-state index contributed by atoms with van der Waals surface area (Å²) < 4.78 is 5.60. The summed E-state index contributed by atoms with van der Waals surface area (Å²) in [5.74, 6) is 1.35. The molecule has 2 aromatic carbocycles. The van der Waals surface area contributed by atoms with Crippen molar-refractivity contribution in [2.24, 2.45) is 0 Å². The number of alkyl halides is 1. The average molecular weight is 264 g/mol. The van der Waals surface area contributed by atoms with Crippen molar-refractivity contribution in [2.45, 2.75) is 5.88 Å². The molecule has 0 aliphatic heterocycles. The highest BCUT2D eigenvalue weighted by molar-refractivity contribution is 6.17. The molecule has 5 heteroatoms. The molecule has 18 heavy (non-hydrogen) atoms. The SMILES string of the molecule is O=[N+]([O-])c1cccc(Oc2ccccc2CCl)c1. The molecule has 0 unspecified atom stereocenters. The average Bonchev–Trinajstić information content (AvgIpc) is 2.39. The molecular weight excluding hydrogens is 254 g/mol. The summed E-state index contributed by atoms with van der Waals surface area (Å²) in [4.78, 5) is 10.2. The summed E-state index contributed by atoms with van der Waals surface area (Å²) in [5, 5.41) is 10.7. The summed E-state index contributed by atoms with van der Waals surface area (Å²) in [7, 11) is 0.